The highest BCUT2D eigenvalue weighted by molar-refractivity contribution is 4.88. The van der Waals surface area contributed by atoms with Gasteiger partial charge in [-0.3, -0.25) is 4.90 Å². The molecule has 0 unspecified atom stereocenters. The molecule has 1 rings (SSSR count). The zero-order valence-corrected chi connectivity index (χ0v) is 12.6. The van der Waals surface area contributed by atoms with Crippen LogP contribution in [0.3, 0.4) is 0 Å². The molecule has 0 saturated heterocycles. The topological polar surface area (TPSA) is 62.4 Å². The second-order valence-electron chi connectivity index (χ2n) is 5.37. The quantitative estimate of drug-likeness (QED) is 0.745. The molecule has 5 heteroatoms. The SMILES string of the molecule is CCC(CC)N(CCO)Cc1nc(CC(C)C)no1. The smallest absolute Gasteiger partial charge is 0.240 e. The van der Waals surface area contributed by atoms with E-state index in [-0.39, 0.29) is 6.61 Å². The zero-order chi connectivity index (χ0) is 14.3. The van der Waals surface area contributed by atoms with Gasteiger partial charge in [0.1, 0.15) is 0 Å². The summed E-state index contributed by atoms with van der Waals surface area (Å²) in [5.41, 5.74) is 0. The van der Waals surface area contributed by atoms with Crippen molar-refractivity contribution in [2.75, 3.05) is 13.2 Å². The van der Waals surface area contributed by atoms with E-state index in [9.17, 15) is 5.11 Å². The summed E-state index contributed by atoms with van der Waals surface area (Å²) in [5.74, 6) is 1.95. The largest absolute Gasteiger partial charge is 0.395 e. The Morgan fingerprint density at radius 3 is 2.47 bits per heavy atom. The van der Waals surface area contributed by atoms with Gasteiger partial charge in [-0.1, -0.05) is 32.9 Å². The number of aromatic nitrogens is 2. The summed E-state index contributed by atoms with van der Waals surface area (Å²) in [7, 11) is 0. The van der Waals surface area contributed by atoms with Crippen LogP contribution in [0, 0.1) is 5.92 Å². The maximum Gasteiger partial charge on any atom is 0.240 e. The molecule has 0 amide bonds. The van der Waals surface area contributed by atoms with Crippen molar-refractivity contribution in [2.24, 2.45) is 5.92 Å². The number of aliphatic hydroxyl groups is 1. The van der Waals surface area contributed by atoms with Gasteiger partial charge in [0.15, 0.2) is 5.82 Å². The summed E-state index contributed by atoms with van der Waals surface area (Å²) >= 11 is 0. The Bertz CT molecular complexity index is 348. The lowest BCUT2D eigenvalue weighted by Crippen LogP contribution is -2.36. The maximum atomic E-state index is 9.17. The van der Waals surface area contributed by atoms with Crippen molar-refractivity contribution in [1.29, 1.82) is 0 Å². The van der Waals surface area contributed by atoms with Crippen LogP contribution >= 0.6 is 0 Å². The molecule has 110 valence electrons. The van der Waals surface area contributed by atoms with Crippen molar-refractivity contribution in [3.8, 4) is 0 Å². The molecular weight excluding hydrogens is 242 g/mol. The van der Waals surface area contributed by atoms with Crippen molar-refractivity contribution >= 4 is 0 Å². The van der Waals surface area contributed by atoms with E-state index in [0.29, 0.717) is 30.9 Å². The molecule has 0 saturated carbocycles. The monoisotopic (exact) mass is 269 g/mol. The van der Waals surface area contributed by atoms with Gasteiger partial charge in [-0.25, -0.2) is 0 Å². The third kappa shape index (κ3) is 5.28. The molecule has 0 aliphatic rings. The molecule has 0 spiro atoms. The van der Waals surface area contributed by atoms with Crippen LogP contribution < -0.4 is 0 Å². The first-order chi connectivity index (χ1) is 9.10. The number of aliphatic hydroxyl groups excluding tert-OH is 1. The average Bonchev–Trinajstić information content (AvgIpc) is 2.77. The van der Waals surface area contributed by atoms with Crippen molar-refractivity contribution < 1.29 is 9.63 Å². The van der Waals surface area contributed by atoms with E-state index < -0.39 is 0 Å². The molecule has 0 aliphatic carbocycles. The summed E-state index contributed by atoms with van der Waals surface area (Å²) < 4.78 is 5.30. The molecular formula is C14H27N3O2. The fourth-order valence-corrected chi connectivity index (χ4v) is 2.30. The molecule has 19 heavy (non-hydrogen) atoms. The Morgan fingerprint density at radius 1 is 1.26 bits per heavy atom. The Morgan fingerprint density at radius 2 is 1.95 bits per heavy atom. The lowest BCUT2D eigenvalue weighted by atomic mass is 10.1. The predicted molar refractivity (Wildman–Crippen MR) is 74.7 cm³/mol. The van der Waals surface area contributed by atoms with Crippen LogP contribution in [-0.2, 0) is 13.0 Å². The van der Waals surface area contributed by atoms with Gasteiger partial charge in [0, 0.05) is 19.0 Å². The van der Waals surface area contributed by atoms with E-state index in [1.165, 1.54) is 0 Å². The third-order valence-corrected chi connectivity index (χ3v) is 3.29. The van der Waals surface area contributed by atoms with Gasteiger partial charge in [0.2, 0.25) is 5.89 Å². The molecule has 0 radical (unpaired) electrons. The van der Waals surface area contributed by atoms with Gasteiger partial charge in [0.25, 0.3) is 0 Å². The highest BCUT2D eigenvalue weighted by Gasteiger charge is 2.18. The van der Waals surface area contributed by atoms with Crippen LogP contribution in [0.1, 0.15) is 52.3 Å². The van der Waals surface area contributed by atoms with Crippen molar-refractivity contribution in [1.82, 2.24) is 15.0 Å². The lowest BCUT2D eigenvalue weighted by Gasteiger charge is -2.28. The molecule has 1 heterocycles. The van der Waals surface area contributed by atoms with E-state index in [1.807, 2.05) is 0 Å². The molecule has 0 aliphatic heterocycles. The van der Waals surface area contributed by atoms with E-state index in [1.54, 1.807) is 0 Å². The first kappa shape index (κ1) is 16.1. The summed E-state index contributed by atoms with van der Waals surface area (Å²) in [6.07, 6.45) is 2.96. The van der Waals surface area contributed by atoms with Gasteiger partial charge in [0.05, 0.1) is 13.2 Å². The Balaban J connectivity index is 2.65. The van der Waals surface area contributed by atoms with Crippen LogP contribution in [0.2, 0.25) is 0 Å². The minimum Gasteiger partial charge on any atom is -0.395 e. The van der Waals surface area contributed by atoms with Gasteiger partial charge < -0.3 is 9.63 Å². The van der Waals surface area contributed by atoms with Crippen molar-refractivity contribution in [2.45, 2.75) is 59.5 Å². The lowest BCUT2D eigenvalue weighted by molar-refractivity contribution is 0.122. The molecule has 1 N–H and O–H groups in total. The van der Waals surface area contributed by atoms with Crippen LogP contribution in [0.25, 0.3) is 0 Å². The number of hydrogen-bond donors (Lipinski definition) is 1. The summed E-state index contributed by atoms with van der Waals surface area (Å²) in [6.45, 7) is 10.0. The Hall–Kier alpha value is -0.940. The van der Waals surface area contributed by atoms with E-state index in [0.717, 1.165) is 25.1 Å². The van der Waals surface area contributed by atoms with Crippen LogP contribution in [-0.4, -0.2) is 39.3 Å². The average molecular weight is 269 g/mol. The van der Waals surface area contributed by atoms with Gasteiger partial charge in [-0.05, 0) is 18.8 Å². The number of nitrogens with zero attached hydrogens (tertiary/aromatic N) is 3. The molecule has 0 fully saturated rings. The summed E-state index contributed by atoms with van der Waals surface area (Å²) in [6, 6.07) is 0.451. The minimum atomic E-state index is 0.156. The summed E-state index contributed by atoms with van der Waals surface area (Å²) in [5, 5.41) is 13.2. The van der Waals surface area contributed by atoms with Gasteiger partial charge in [-0.15, -0.1) is 0 Å². The molecule has 1 aromatic heterocycles. The van der Waals surface area contributed by atoms with Crippen LogP contribution in [0.5, 0.6) is 0 Å². The normalized spacial score (nSPS) is 12.0. The fraction of sp³-hybridized carbons (Fsp3) is 0.857. The minimum absolute atomic E-state index is 0.156. The van der Waals surface area contributed by atoms with E-state index in [4.69, 9.17) is 4.52 Å². The fourth-order valence-electron chi connectivity index (χ4n) is 2.30. The number of hydrogen-bond acceptors (Lipinski definition) is 5. The zero-order valence-electron chi connectivity index (χ0n) is 12.6. The predicted octanol–water partition coefficient (Wildman–Crippen LogP) is 2.25. The Labute approximate surface area is 116 Å². The third-order valence-electron chi connectivity index (χ3n) is 3.29. The van der Waals surface area contributed by atoms with Gasteiger partial charge >= 0.3 is 0 Å². The first-order valence-electron chi connectivity index (χ1n) is 7.27. The molecule has 1 aromatic rings. The highest BCUT2D eigenvalue weighted by Crippen LogP contribution is 2.13. The van der Waals surface area contributed by atoms with Crippen molar-refractivity contribution in [3.63, 3.8) is 0 Å². The number of rotatable bonds is 9. The van der Waals surface area contributed by atoms with E-state index in [2.05, 4.69) is 42.7 Å². The molecule has 0 atom stereocenters. The Kier molecular flexibility index (Phi) is 7.02. The van der Waals surface area contributed by atoms with Gasteiger partial charge in [-0.2, -0.15) is 4.98 Å². The molecule has 0 aromatic carbocycles. The first-order valence-corrected chi connectivity index (χ1v) is 7.27. The molecule has 0 bridgehead atoms. The standard InChI is InChI=1S/C14H27N3O2/c1-5-12(6-2)17(7-8-18)10-14-15-13(16-19-14)9-11(3)4/h11-12,18H,5-10H2,1-4H3. The molecule has 5 nitrogen and oxygen atoms in total. The van der Waals surface area contributed by atoms with Crippen molar-refractivity contribution in [3.05, 3.63) is 11.7 Å². The van der Waals surface area contributed by atoms with Crippen LogP contribution in [0.15, 0.2) is 4.52 Å². The summed E-state index contributed by atoms with van der Waals surface area (Å²) in [4.78, 5) is 6.64. The van der Waals surface area contributed by atoms with E-state index >= 15 is 0 Å². The second kappa shape index (κ2) is 8.27. The highest BCUT2D eigenvalue weighted by atomic mass is 16.5. The maximum absolute atomic E-state index is 9.17. The second-order valence-corrected chi connectivity index (χ2v) is 5.37. The van der Waals surface area contributed by atoms with Crippen LogP contribution in [0.4, 0.5) is 0 Å².